The number of hydrazine groups is 1. The number of nitrogens with one attached hydrogen (secondary N) is 1. The molecule has 1 fully saturated rings. The van der Waals surface area contributed by atoms with Crippen molar-refractivity contribution < 1.29 is 0 Å². The van der Waals surface area contributed by atoms with E-state index in [0.717, 1.165) is 17.6 Å². The molecule has 0 radical (unpaired) electrons. The van der Waals surface area contributed by atoms with Crippen LogP contribution in [0.5, 0.6) is 0 Å². The molecule has 1 saturated carbocycles. The smallest absolute Gasteiger partial charge is 0.0705 e. The lowest BCUT2D eigenvalue weighted by atomic mass is 9.79. The first kappa shape index (κ1) is 13.5. The highest BCUT2D eigenvalue weighted by Gasteiger charge is 2.36. The van der Waals surface area contributed by atoms with Gasteiger partial charge in [0.15, 0.2) is 0 Å². The Balaban J connectivity index is 1.83. The van der Waals surface area contributed by atoms with E-state index in [4.69, 9.17) is 10.8 Å². The summed E-state index contributed by atoms with van der Waals surface area (Å²) in [5.41, 5.74) is 5.54. The summed E-state index contributed by atoms with van der Waals surface area (Å²) >= 11 is 0. The number of hydrogen-bond acceptors (Lipinski definition) is 3. The van der Waals surface area contributed by atoms with Crippen LogP contribution >= 0.6 is 0 Å². The lowest BCUT2D eigenvalue weighted by Crippen LogP contribution is -2.47. The van der Waals surface area contributed by atoms with Crippen LogP contribution in [0.1, 0.15) is 38.3 Å². The van der Waals surface area contributed by atoms with E-state index in [1.165, 1.54) is 31.1 Å². The summed E-state index contributed by atoms with van der Waals surface area (Å²) in [6.07, 6.45) is 6.06. The van der Waals surface area contributed by atoms with E-state index in [9.17, 15) is 0 Å². The highest BCUT2D eigenvalue weighted by molar-refractivity contribution is 5.78. The summed E-state index contributed by atoms with van der Waals surface area (Å²) in [5, 5.41) is 1.19. The minimum Gasteiger partial charge on any atom is -0.271 e. The fraction of sp³-hybridized carbons (Fsp3) is 0.471. The maximum Gasteiger partial charge on any atom is 0.0705 e. The minimum absolute atomic E-state index is 0.304. The Bertz CT molecular complexity index is 588. The molecule has 2 aromatic rings. The molecule has 0 spiro atoms. The molecule has 1 aromatic heterocycles. The highest BCUT2D eigenvalue weighted by atomic mass is 15.2. The SMILES string of the molecule is CC1(C(Cc2ccc3ccccc3n2)NN)CCCC1. The van der Waals surface area contributed by atoms with E-state index < -0.39 is 0 Å². The summed E-state index contributed by atoms with van der Waals surface area (Å²) < 4.78 is 0. The number of pyridine rings is 1. The van der Waals surface area contributed by atoms with Crippen molar-refractivity contribution in [1.29, 1.82) is 0 Å². The molecular weight excluding hydrogens is 246 g/mol. The molecule has 3 nitrogen and oxygen atoms in total. The third-order valence-electron chi connectivity index (χ3n) is 4.86. The molecular formula is C17H23N3. The molecule has 3 heteroatoms. The number of aromatic nitrogens is 1. The van der Waals surface area contributed by atoms with E-state index in [1.54, 1.807) is 0 Å². The lowest BCUT2D eigenvalue weighted by molar-refractivity contribution is 0.220. The van der Waals surface area contributed by atoms with Crippen LogP contribution in [0, 0.1) is 5.41 Å². The maximum absolute atomic E-state index is 5.82. The van der Waals surface area contributed by atoms with Crippen molar-refractivity contribution in [2.45, 2.75) is 45.1 Å². The van der Waals surface area contributed by atoms with E-state index in [2.05, 4.69) is 36.6 Å². The molecule has 20 heavy (non-hydrogen) atoms. The first-order valence-corrected chi connectivity index (χ1v) is 7.52. The van der Waals surface area contributed by atoms with Crippen molar-refractivity contribution in [2.24, 2.45) is 11.3 Å². The third kappa shape index (κ3) is 2.56. The van der Waals surface area contributed by atoms with Crippen LogP contribution in [0.2, 0.25) is 0 Å². The van der Waals surface area contributed by atoms with E-state index >= 15 is 0 Å². The molecule has 1 aliphatic carbocycles. The number of benzene rings is 1. The first-order chi connectivity index (χ1) is 9.71. The second-order valence-electron chi connectivity index (χ2n) is 6.28. The summed E-state index contributed by atoms with van der Waals surface area (Å²) in [5.74, 6) is 5.82. The Labute approximate surface area is 120 Å². The summed E-state index contributed by atoms with van der Waals surface area (Å²) in [4.78, 5) is 4.77. The zero-order valence-corrected chi connectivity index (χ0v) is 12.1. The van der Waals surface area contributed by atoms with Gasteiger partial charge in [-0.25, -0.2) is 0 Å². The van der Waals surface area contributed by atoms with Gasteiger partial charge in [-0.15, -0.1) is 0 Å². The van der Waals surface area contributed by atoms with Gasteiger partial charge in [-0.2, -0.15) is 0 Å². The number of nitrogens with two attached hydrogens (primary N) is 1. The number of para-hydroxylation sites is 1. The molecule has 1 aliphatic rings. The third-order valence-corrected chi connectivity index (χ3v) is 4.86. The molecule has 3 rings (SSSR count). The van der Waals surface area contributed by atoms with Gasteiger partial charge in [0.2, 0.25) is 0 Å². The summed E-state index contributed by atoms with van der Waals surface area (Å²) in [6.45, 7) is 2.35. The van der Waals surface area contributed by atoms with Crippen molar-refractivity contribution in [3.63, 3.8) is 0 Å². The van der Waals surface area contributed by atoms with Gasteiger partial charge < -0.3 is 0 Å². The molecule has 0 amide bonds. The van der Waals surface area contributed by atoms with Gasteiger partial charge in [0.25, 0.3) is 0 Å². The Kier molecular flexibility index (Phi) is 3.72. The average molecular weight is 269 g/mol. The minimum atomic E-state index is 0.304. The van der Waals surface area contributed by atoms with Crippen molar-refractivity contribution in [1.82, 2.24) is 10.4 Å². The topological polar surface area (TPSA) is 50.9 Å². The fourth-order valence-corrected chi connectivity index (χ4v) is 3.47. The molecule has 1 unspecified atom stereocenters. The number of fused-ring (bicyclic) bond motifs is 1. The van der Waals surface area contributed by atoms with Crippen LogP contribution in [0.15, 0.2) is 36.4 Å². The summed E-state index contributed by atoms with van der Waals surface area (Å²) in [6, 6.07) is 12.8. The van der Waals surface area contributed by atoms with Crippen molar-refractivity contribution >= 4 is 10.9 Å². The van der Waals surface area contributed by atoms with Gasteiger partial charge in [-0.1, -0.05) is 44.0 Å². The fourth-order valence-electron chi connectivity index (χ4n) is 3.47. The number of rotatable bonds is 4. The maximum atomic E-state index is 5.82. The highest BCUT2D eigenvalue weighted by Crippen LogP contribution is 2.41. The average Bonchev–Trinajstić information content (AvgIpc) is 2.92. The quantitative estimate of drug-likeness (QED) is 0.662. The van der Waals surface area contributed by atoms with Gasteiger partial charge in [-0.05, 0) is 30.4 Å². The zero-order chi connectivity index (χ0) is 14.0. The molecule has 3 N–H and O–H groups in total. The van der Waals surface area contributed by atoms with Crippen LogP contribution < -0.4 is 11.3 Å². The van der Waals surface area contributed by atoms with Crippen LogP contribution in [-0.2, 0) is 6.42 Å². The summed E-state index contributed by atoms with van der Waals surface area (Å²) in [7, 11) is 0. The molecule has 0 bridgehead atoms. The van der Waals surface area contributed by atoms with E-state index in [-0.39, 0.29) is 0 Å². The number of hydrogen-bond donors (Lipinski definition) is 2. The van der Waals surface area contributed by atoms with Crippen molar-refractivity contribution in [3.05, 3.63) is 42.1 Å². The van der Waals surface area contributed by atoms with Gasteiger partial charge >= 0.3 is 0 Å². The molecule has 106 valence electrons. The monoisotopic (exact) mass is 269 g/mol. The normalized spacial score (nSPS) is 19.3. The number of nitrogens with zero attached hydrogens (tertiary/aromatic N) is 1. The molecule has 0 aliphatic heterocycles. The second kappa shape index (κ2) is 5.51. The first-order valence-electron chi connectivity index (χ1n) is 7.52. The van der Waals surface area contributed by atoms with Crippen molar-refractivity contribution in [3.8, 4) is 0 Å². The standard InChI is InChI=1S/C17H23N3/c1-17(10-4-5-11-17)16(20-18)12-14-9-8-13-6-2-3-7-15(13)19-14/h2-3,6-9,16,20H,4-5,10-12,18H2,1H3. The Morgan fingerprint density at radius 2 is 1.95 bits per heavy atom. The van der Waals surface area contributed by atoms with Gasteiger partial charge in [0, 0.05) is 23.5 Å². The molecule has 1 atom stereocenters. The van der Waals surface area contributed by atoms with Crippen LogP contribution in [0.4, 0.5) is 0 Å². The van der Waals surface area contributed by atoms with Crippen LogP contribution in [0.25, 0.3) is 10.9 Å². The van der Waals surface area contributed by atoms with Gasteiger partial charge in [0.05, 0.1) is 5.52 Å². The lowest BCUT2D eigenvalue weighted by Gasteiger charge is -2.33. The Hall–Kier alpha value is -1.45. The van der Waals surface area contributed by atoms with Crippen LogP contribution in [-0.4, -0.2) is 11.0 Å². The second-order valence-corrected chi connectivity index (χ2v) is 6.28. The molecule has 1 aromatic carbocycles. The van der Waals surface area contributed by atoms with E-state index in [1.807, 2.05) is 12.1 Å². The zero-order valence-electron chi connectivity index (χ0n) is 12.1. The Morgan fingerprint density at radius 3 is 2.70 bits per heavy atom. The van der Waals surface area contributed by atoms with Crippen LogP contribution in [0.3, 0.4) is 0 Å². The van der Waals surface area contributed by atoms with Gasteiger partial charge in [0.1, 0.15) is 0 Å². The predicted octanol–water partition coefficient (Wildman–Crippen LogP) is 3.19. The van der Waals surface area contributed by atoms with Gasteiger partial charge in [-0.3, -0.25) is 16.3 Å². The molecule has 0 saturated heterocycles. The van der Waals surface area contributed by atoms with E-state index in [0.29, 0.717) is 11.5 Å². The predicted molar refractivity (Wildman–Crippen MR) is 83.1 cm³/mol. The Morgan fingerprint density at radius 1 is 1.20 bits per heavy atom. The van der Waals surface area contributed by atoms with Crippen molar-refractivity contribution in [2.75, 3.05) is 0 Å². The molecule has 1 heterocycles. The largest absolute Gasteiger partial charge is 0.271 e.